The fourth-order valence-electron chi connectivity index (χ4n) is 2.58. The van der Waals surface area contributed by atoms with E-state index in [0.717, 1.165) is 19.6 Å². The average Bonchev–Trinajstić information content (AvgIpc) is 2.61. The molecule has 5 nitrogen and oxygen atoms in total. The molecule has 5 heteroatoms. The van der Waals surface area contributed by atoms with Gasteiger partial charge in [-0.25, -0.2) is 0 Å². The van der Waals surface area contributed by atoms with Gasteiger partial charge < -0.3 is 10.2 Å². The van der Waals surface area contributed by atoms with Gasteiger partial charge in [0.2, 0.25) is 11.8 Å². The third kappa shape index (κ3) is 6.01. The Bertz CT molecular complexity index is 576. The minimum Gasteiger partial charge on any atom is -0.352 e. The maximum Gasteiger partial charge on any atom is 0.232 e. The Balaban J connectivity index is 1.69. The molecule has 1 N–H and O–H groups in total. The van der Waals surface area contributed by atoms with Gasteiger partial charge in [0.15, 0.2) is 0 Å². The normalized spacial score (nSPS) is 15.4. The number of amides is 2. The molecule has 0 aromatic heterocycles. The second-order valence-electron chi connectivity index (χ2n) is 5.76. The van der Waals surface area contributed by atoms with Gasteiger partial charge in [-0.1, -0.05) is 48.6 Å². The second-order valence-corrected chi connectivity index (χ2v) is 5.76. The molecule has 1 aromatic carbocycles. The molecule has 1 aliphatic rings. The highest BCUT2D eigenvalue weighted by Crippen LogP contribution is 2.06. The van der Waals surface area contributed by atoms with Crippen molar-refractivity contribution in [2.45, 2.75) is 6.42 Å². The van der Waals surface area contributed by atoms with Gasteiger partial charge in [0.1, 0.15) is 6.42 Å². The molecule has 0 bridgehead atoms. The third-order valence-electron chi connectivity index (χ3n) is 3.95. The zero-order valence-corrected chi connectivity index (χ0v) is 14.0. The molecule has 0 unspecified atom stereocenters. The molecule has 1 saturated heterocycles. The Morgan fingerprint density at radius 1 is 1.12 bits per heavy atom. The Morgan fingerprint density at radius 3 is 2.50 bits per heavy atom. The maximum absolute atomic E-state index is 12.1. The van der Waals surface area contributed by atoms with Crippen molar-refractivity contribution < 1.29 is 9.59 Å². The monoisotopic (exact) mass is 327 g/mol. The molecule has 1 heterocycles. The summed E-state index contributed by atoms with van der Waals surface area (Å²) in [7, 11) is 0. The van der Waals surface area contributed by atoms with Gasteiger partial charge >= 0.3 is 0 Å². The molecule has 0 saturated carbocycles. The number of rotatable bonds is 7. The van der Waals surface area contributed by atoms with Crippen molar-refractivity contribution in [2.24, 2.45) is 0 Å². The van der Waals surface area contributed by atoms with Crippen LogP contribution in [0.1, 0.15) is 12.0 Å². The summed E-state index contributed by atoms with van der Waals surface area (Å²) in [4.78, 5) is 27.7. The number of benzene rings is 1. The van der Waals surface area contributed by atoms with Gasteiger partial charge in [-0.2, -0.15) is 0 Å². The fourth-order valence-corrected chi connectivity index (χ4v) is 2.58. The van der Waals surface area contributed by atoms with E-state index in [0.29, 0.717) is 19.6 Å². The molecule has 24 heavy (non-hydrogen) atoms. The van der Waals surface area contributed by atoms with Crippen molar-refractivity contribution in [2.75, 3.05) is 39.3 Å². The summed E-state index contributed by atoms with van der Waals surface area (Å²) in [5.74, 6) is -0.343. The van der Waals surface area contributed by atoms with E-state index in [1.54, 1.807) is 11.0 Å². The van der Waals surface area contributed by atoms with E-state index >= 15 is 0 Å². The first-order valence-corrected chi connectivity index (χ1v) is 8.28. The molecular formula is C19H25N3O2. The molecule has 1 aromatic rings. The molecule has 0 spiro atoms. The lowest BCUT2D eigenvalue weighted by Crippen LogP contribution is -2.49. The van der Waals surface area contributed by atoms with Crippen LogP contribution in [0.25, 0.3) is 6.08 Å². The Labute approximate surface area is 143 Å². The number of nitrogens with one attached hydrogen (secondary N) is 1. The largest absolute Gasteiger partial charge is 0.352 e. The molecule has 128 valence electrons. The van der Waals surface area contributed by atoms with Gasteiger partial charge in [-0.3, -0.25) is 14.5 Å². The molecule has 0 atom stereocenters. The summed E-state index contributed by atoms with van der Waals surface area (Å²) in [6, 6.07) is 10.2. The summed E-state index contributed by atoms with van der Waals surface area (Å²) < 4.78 is 0. The van der Waals surface area contributed by atoms with Gasteiger partial charge in [0.25, 0.3) is 0 Å². The number of piperazine rings is 1. The minimum atomic E-state index is -0.242. The SMILES string of the molecule is C=CCNC(=O)CC(=O)N1CCN(C/C=C/c2ccccc2)CC1. The summed E-state index contributed by atoms with van der Waals surface area (Å²) in [5, 5.41) is 2.63. The van der Waals surface area contributed by atoms with Crippen LogP contribution in [0.4, 0.5) is 0 Å². The summed E-state index contributed by atoms with van der Waals surface area (Å²) >= 11 is 0. The zero-order chi connectivity index (χ0) is 17.2. The number of hydrogen-bond donors (Lipinski definition) is 1. The van der Waals surface area contributed by atoms with E-state index in [-0.39, 0.29) is 18.2 Å². The van der Waals surface area contributed by atoms with E-state index in [1.807, 2.05) is 18.2 Å². The van der Waals surface area contributed by atoms with E-state index in [4.69, 9.17) is 0 Å². The molecule has 2 rings (SSSR count). The Kier molecular flexibility index (Phi) is 7.23. The topological polar surface area (TPSA) is 52.7 Å². The number of carbonyl (C=O) groups is 2. The van der Waals surface area contributed by atoms with E-state index < -0.39 is 0 Å². The molecular weight excluding hydrogens is 302 g/mol. The predicted octanol–water partition coefficient (Wildman–Crippen LogP) is 1.54. The lowest BCUT2D eigenvalue weighted by Gasteiger charge is -2.34. The molecule has 1 aliphatic heterocycles. The Morgan fingerprint density at radius 2 is 1.83 bits per heavy atom. The molecule has 2 amide bonds. The summed E-state index contributed by atoms with van der Waals surface area (Å²) in [6.45, 7) is 7.81. The van der Waals surface area contributed by atoms with Crippen LogP contribution in [0.2, 0.25) is 0 Å². The van der Waals surface area contributed by atoms with Gasteiger partial charge in [-0.15, -0.1) is 6.58 Å². The quantitative estimate of drug-likeness (QED) is 0.610. The van der Waals surface area contributed by atoms with Crippen LogP contribution in [0, 0.1) is 0 Å². The first-order valence-electron chi connectivity index (χ1n) is 8.28. The number of nitrogens with zero attached hydrogens (tertiary/aromatic N) is 2. The van der Waals surface area contributed by atoms with E-state index in [2.05, 4.69) is 41.1 Å². The summed E-state index contributed by atoms with van der Waals surface area (Å²) in [5.41, 5.74) is 1.19. The van der Waals surface area contributed by atoms with Crippen molar-refractivity contribution in [3.8, 4) is 0 Å². The van der Waals surface area contributed by atoms with Crippen molar-refractivity contribution >= 4 is 17.9 Å². The maximum atomic E-state index is 12.1. The van der Waals surface area contributed by atoms with Crippen LogP contribution >= 0.6 is 0 Å². The van der Waals surface area contributed by atoms with Crippen LogP contribution in [0.3, 0.4) is 0 Å². The average molecular weight is 327 g/mol. The van der Waals surface area contributed by atoms with Crippen molar-refractivity contribution in [3.05, 3.63) is 54.6 Å². The molecule has 0 aliphatic carbocycles. The van der Waals surface area contributed by atoms with Crippen LogP contribution in [-0.2, 0) is 9.59 Å². The smallest absolute Gasteiger partial charge is 0.232 e. The fraction of sp³-hybridized carbons (Fsp3) is 0.368. The number of hydrogen-bond acceptors (Lipinski definition) is 3. The van der Waals surface area contributed by atoms with Crippen molar-refractivity contribution in [3.63, 3.8) is 0 Å². The second kappa shape index (κ2) is 9.67. The van der Waals surface area contributed by atoms with Crippen molar-refractivity contribution in [1.29, 1.82) is 0 Å². The first kappa shape index (κ1) is 17.9. The first-order chi connectivity index (χ1) is 11.7. The Hall–Kier alpha value is -2.40. The van der Waals surface area contributed by atoms with Crippen LogP contribution in [0.15, 0.2) is 49.1 Å². The number of carbonyl (C=O) groups excluding carboxylic acids is 2. The zero-order valence-electron chi connectivity index (χ0n) is 14.0. The van der Waals surface area contributed by atoms with Crippen LogP contribution in [-0.4, -0.2) is 60.9 Å². The van der Waals surface area contributed by atoms with E-state index in [9.17, 15) is 9.59 Å². The minimum absolute atomic E-state index is 0.0816. The van der Waals surface area contributed by atoms with Crippen molar-refractivity contribution in [1.82, 2.24) is 15.1 Å². The molecule has 1 fully saturated rings. The highest BCUT2D eigenvalue weighted by Gasteiger charge is 2.21. The van der Waals surface area contributed by atoms with E-state index in [1.165, 1.54) is 5.56 Å². The third-order valence-corrected chi connectivity index (χ3v) is 3.95. The predicted molar refractivity (Wildman–Crippen MR) is 96.3 cm³/mol. The van der Waals surface area contributed by atoms with Gasteiger partial charge in [0, 0.05) is 39.3 Å². The van der Waals surface area contributed by atoms with Crippen LogP contribution < -0.4 is 5.32 Å². The van der Waals surface area contributed by atoms with Gasteiger partial charge in [0.05, 0.1) is 0 Å². The van der Waals surface area contributed by atoms with Crippen LogP contribution in [0.5, 0.6) is 0 Å². The molecule has 0 radical (unpaired) electrons. The lowest BCUT2D eigenvalue weighted by atomic mass is 10.2. The lowest BCUT2D eigenvalue weighted by molar-refractivity contribution is -0.137. The standard InChI is InChI=1S/C19H25N3O2/c1-2-10-20-18(23)16-19(24)22-14-12-21(13-15-22)11-6-9-17-7-4-3-5-8-17/h2-9H,1,10-16H2,(H,20,23)/b9-6+. The highest BCUT2D eigenvalue weighted by molar-refractivity contribution is 5.96. The summed E-state index contributed by atoms with van der Waals surface area (Å²) in [6.07, 6.45) is 5.78. The highest BCUT2D eigenvalue weighted by atomic mass is 16.2. The van der Waals surface area contributed by atoms with Gasteiger partial charge in [-0.05, 0) is 5.56 Å².